The molecule has 0 saturated carbocycles. The summed E-state index contributed by atoms with van der Waals surface area (Å²) >= 11 is 0. The molecular formula is C11H17NO2. The number of nitrogens with zero attached hydrogens (tertiary/aromatic N) is 1. The minimum atomic E-state index is -0.697. The van der Waals surface area contributed by atoms with Crippen molar-refractivity contribution in [3.63, 3.8) is 0 Å². The predicted octanol–water partition coefficient (Wildman–Crippen LogP) is 1.48. The summed E-state index contributed by atoms with van der Waals surface area (Å²) in [5, 5.41) is 18.9. The third-order valence-corrected chi connectivity index (χ3v) is 2.14. The van der Waals surface area contributed by atoms with Crippen molar-refractivity contribution in [1.82, 2.24) is 0 Å². The maximum Gasteiger partial charge on any atom is 0.126 e. The van der Waals surface area contributed by atoms with Gasteiger partial charge in [0.1, 0.15) is 12.5 Å². The van der Waals surface area contributed by atoms with E-state index in [2.05, 4.69) is 0 Å². The molecule has 1 rings (SSSR count). The number of hydrogen-bond acceptors (Lipinski definition) is 3. The summed E-state index contributed by atoms with van der Waals surface area (Å²) in [5.74, 6) is 0. The van der Waals surface area contributed by atoms with Crippen LogP contribution in [0.1, 0.15) is 19.4 Å². The monoisotopic (exact) mass is 195 g/mol. The van der Waals surface area contributed by atoms with E-state index in [9.17, 15) is 10.2 Å². The van der Waals surface area contributed by atoms with E-state index in [0.717, 1.165) is 11.3 Å². The van der Waals surface area contributed by atoms with Crippen molar-refractivity contribution < 1.29 is 10.2 Å². The lowest BCUT2D eigenvalue weighted by molar-refractivity contribution is 0.105. The molecule has 0 aromatic heterocycles. The molecular weight excluding hydrogens is 178 g/mol. The first kappa shape index (κ1) is 11.0. The Kier molecular flexibility index (Phi) is 3.49. The maximum atomic E-state index is 9.47. The number of hydrogen-bond donors (Lipinski definition) is 2. The van der Waals surface area contributed by atoms with Crippen molar-refractivity contribution in [1.29, 1.82) is 0 Å². The highest BCUT2D eigenvalue weighted by molar-refractivity contribution is 5.48. The zero-order chi connectivity index (χ0) is 10.7. The average molecular weight is 195 g/mol. The summed E-state index contributed by atoms with van der Waals surface area (Å²) in [6.45, 7) is 5.26. The zero-order valence-electron chi connectivity index (χ0n) is 8.81. The van der Waals surface area contributed by atoms with Crippen LogP contribution in [0.4, 0.5) is 5.69 Å². The van der Waals surface area contributed by atoms with Crippen molar-refractivity contribution in [2.75, 3.05) is 4.90 Å². The Labute approximate surface area is 84.6 Å². The summed E-state index contributed by atoms with van der Waals surface area (Å²) in [7, 11) is 0. The third-order valence-electron chi connectivity index (χ3n) is 2.14. The van der Waals surface area contributed by atoms with Gasteiger partial charge in [-0.3, -0.25) is 0 Å². The molecule has 1 aromatic carbocycles. The van der Waals surface area contributed by atoms with Crippen LogP contribution in [0.3, 0.4) is 0 Å². The van der Waals surface area contributed by atoms with Gasteiger partial charge in [0.2, 0.25) is 0 Å². The fourth-order valence-electron chi connectivity index (χ4n) is 1.46. The van der Waals surface area contributed by atoms with E-state index in [0.29, 0.717) is 0 Å². The molecule has 0 heterocycles. The second kappa shape index (κ2) is 4.44. The molecule has 1 aromatic rings. The lowest BCUT2D eigenvalue weighted by Crippen LogP contribution is -2.40. The second-order valence-electron chi connectivity index (χ2n) is 3.51. The summed E-state index contributed by atoms with van der Waals surface area (Å²) in [6.07, 6.45) is -1.39. The first-order valence-electron chi connectivity index (χ1n) is 4.73. The van der Waals surface area contributed by atoms with Gasteiger partial charge in [0.05, 0.1) is 0 Å². The largest absolute Gasteiger partial charge is 0.374 e. The number of anilines is 1. The van der Waals surface area contributed by atoms with Crippen molar-refractivity contribution in [2.24, 2.45) is 0 Å². The fraction of sp³-hybridized carbons (Fsp3) is 0.455. The molecule has 0 aliphatic carbocycles. The van der Waals surface area contributed by atoms with Crippen LogP contribution in [0.2, 0.25) is 0 Å². The summed E-state index contributed by atoms with van der Waals surface area (Å²) in [6, 6.07) is 7.67. The molecule has 2 N–H and O–H groups in total. The first-order chi connectivity index (χ1) is 6.52. The first-order valence-corrected chi connectivity index (χ1v) is 4.73. The molecule has 0 bridgehead atoms. The van der Waals surface area contributed by atoms with Crippen LogP contribution >= 0.6 is 0 Å². The third kappa shape index (κ3) is 2.47. The van der Waals surface area contributed by atoms with Crippen molar-refractivity contribution in [3.8, 4) is 0 Å². The molecule has 0 spiro atoms. The molecule has 2 unspecified atom stereocenters. The average Bonchev–Trinajstić information content (AvgIpc) is 2.07. The molecule has 0 aliphatic rings. The van der Waals surface area contributed by atoms with Gasteiger partial charge in [-0.05, 0) is 32.9 Å². The van der Waals surface area contributed by atoms with Gasteiger partial charge < -0.3 is 15.1 Å². The van der Waals surface area contributed by atoms with Gasteiger partial charge in [0.25, 0.3) is 0 Å². The van der Waals surface area contributed by atoms with E-state index in [4.69, 9.17) is 0 Å². The van der Waals surface area contributed by atoms with E-state index >= 15 is 0 Å². The van der Waals surface area contributed by atoms with Crippen LogP contribution in [0, 0.1) is 6.92 Å². The van der Waals surface area contributed by atoms with Gasteiger partial charge >= 0.3 is 0 Å². The van der Waals surface area contributed by atoms with Gasteiger partial charge in [-0.15, -0.1) is 0 Å². The SMILES string of the molecule is Cc1ccc(N(C(C)O)C(C)O)cc1. The van der Waals surface area contributed by atoms with Gasteiger partial charge in [-0.1, -0.05) is 17.7 Å². The van der Waals surface area contributed by atoms with Crippen LogP contribution < -0.4 is 4.90 Å². The molecule has 0 aliphatic heterocycles. The Morgan fingerprint density at radius 1 is 1.00 bits per heavy atom. The Morgan fingerprint density at radius 2 is 1.43 bits per heavy atom. The van der Waals surface area contributed by atoms with E-state index in [-0.39, 0.29) is 0 Å². The van der Waals surface area contributed by atoms with Crippen LogP contribution in [0.25, 0.3) is 0 Å². The molecule has 0 radical (unpaired) electrons. The van der Waals surface area contributed by atoms with Crippen molar-refractivity contribution in [3.05, 3.63) is 29.8 Å². The molecule has 0 saturated heterocycles. The van der Waals surface area contributed by atoms with E-state index in [1.807, 2.05) is 31.2 Å². The smallest absolute Gasteiger partial charge is 0.126 e. The molecule has 78 valence electrons. The Balaban J connectivity index is 2.94. The van der Waals surface area contributed by atoms with Crippen molar-refractivity contribution >= 4 is 5.69 Å². The standard InChI is InChI=1S/C11H17NO2/c1-8-4-6-11(7-5-8)12(9(2)13)10(3)14/h4-7,9-10,13-14H,1-3H3. The lowest BCUT2D eigenvalue weighted by atomic mass is 10.2. The highest BCUT2D eigenvalue weighted by Gasteiger charge is 2.15. The molecule has 14 heavy (non-hydrogen) atoms. The second-order valence-corrected chi connectivity index (χ2v) is 3.51. The highest BCUT2D eigenvalue weighted by Crippen LogP contribution is 2.18. The summed E-state index contributed by atoms with van der Waals surface area (Å²) in [4.78, 5) is 1.54. The molecule has 3 nitrogen and oxygen atoms in total. The number of rotatable bonds is 3. The van der Waals surface area contributed by atoms with Crippen molar-refractivity contribution in [2.45, 2.75) is 33.2 Å². The Bertz CT molecular complexity index is 272. The summed E-state index contributed by atoms with van der Waals surface area (Å²) in [5.41, 5.74) is 1.98. The number of aryl methyl sites for hydroxylation is 1. The fourth-order valence-corrected chi connectivity index (χ4v) is 1.46. The Morgan fingerprint density at radius 3 is 1.79 bits per heavy atom. The van der Waals surface area contributed by atoms with E-state index in [1.54, 1.807) is 18.7 Å². The van der Waals surface area contributed by atoms with Gasteiger partial charge in [-0.25, -0.2) is 0 Å². The summed E-state index contributed by atoms with van der Waals surface area (Å²) < 4.78 is 0. The predicted molar refractivity (Wildman–Crippen MR) is 57.0 cm³/mol. The minimum Gasteiger partial charge on any atom is -0.374 e. The Hall–Kier alpha value is -1.06. The van der Waals surface area contributed by atoms with Gasteiger partial charge in [-0.2, -0.15) is 0 Å². The topological polar surface area (TPSA) is 43.7 Å². The van der Waals surface area contributed by atoms with Crippen LogP contribution in [0.15, 0.2) is 24.3 Å². The number of aliphatic hydroxyl groups excluding tert-OH is 2. The van der Waals surface area contributed by atoms with Gasteiger partial charge in [0.15, 0.2) is 0 Å². The van der Waals surface area contributed by atoms with E-state index in [1.165, 1.54) is 0 Å². The normalized spacial score (nSPS) is 14.9. The molecule has 3 heteroatoms. The molecule has 0 fully saturated rings. The van der Waals surface area contributed by atoms with E-state index < -0.39 is 12.5 Å². The lowest BCUT2D eigenvalue weighted by Gasteiger charge is -2.30. The van der Waals surface area contributed by atoms with Crippen LogP contribution in [-0.2, 0) is 0 Å². The highest BCUT2D eigenvalue weighted by atomic mass is 16.3. The zero-order valence-corrected chi connectivity index (χ0v) is 8.81. The molecule has 2 atom stereocenters. The quantitative estimate of drug-likeness (QED) is 0.718. The minimum absolute atomic E-state index is 0.697. The van der Waals surface area contributed by atoms with Crippen LogP contribution in [0.5, 0.6) is 0 Å². The number of aliphatic hydroxyl groups is 2. The van der Waals surface area contributed by atoms with Crippen LogP contribution in [-0.4, -0.2) is 22.7 Å². The molecule has 0 amide bonds. The van der Waals surface area contributed by atoms with Gasteiger partial charge in [0, 0.05) is 5.69 Å². The maximum absolute atomic E-state index is 9.47. The number of benzene rings is 1.